The molecule has 0 amide bonds. The van der Waals surface area contributed by atoms with Gasteiger partial charge in [0.15, 0.2) is 0 Å². The van der Waals surface area contributed by atoms with Crippen molar-refractivity contribution in [1.29, 1.82) is 0 Å². The van der Waals surface area contributed by atoms with E-state index in [-0.39, 0.29) is 6.10 Å². The molecule has 2 atom stereocenters. The highest BCUT2D eigenvalue weighted by Crippen LogP contribution is 2.07. The first-order valence-corrected chi connectivity index (χ1v) is 7.44. The maximum absolute atomic E-state index is 9.76. The minimum atomic E-state index is -0.386. The second-order valence-electron chi connectivity index (χ2n) is 5.40. The van der Waals surface area contributed by atoms with Crippen molar-refractivity contribution in [3.05, 3.63) is 0 Å². The van der Waals surface area contributed by atoms with Gasteiger partial charge in [0, 0.05) is 25.7 Å². The summed E-state index contributed by atoms with van der Waals surface area (Å²) in [6.45, 7) is 9.71. The Hall–Kier alpha value is -0.160. The van der Waals surface area contributed by atoms with E-state index in [9.17, 15) is 5.11 Å². The minimum Gasteiger partial charge on any atom is -0.389 e. The van der Waals surface area contributed by atoms with E-state index in [0.717, 1.165) is 26.0 Å². The maximum atomic E-state index is 9.76. The molecule has 0 aromatic carbocycles. The van der Waals surface area contributed by atoms with E-state index in [0.29, 0.717) is 19.2 Å². The van der Waals surface area contributed by atoms with Crippen LogP contribution in [0.15, 0.2) is 0 Å². The Kier molecular flexibility index (Phi) is 8.59. The number of hydrogen-bond donors (Lipinski definition) is 2. The zero-order valence-electron chi connectivity index (χ0n) is 12.0. The second kappa shape index (κ2) is 9.73. The molecule has 0 aliphatic carbocycles. The molecule has 108 valence electrons. The predicted octanol–water partition coefficient (Wildman–Crippen LogP) is 1.24. The highest BCUT2D eigenvalue weighted by molar-refractivity contribution is 4.73. The molecule has 0 saturated carbocycles. The fourth-order valence-corrected chi connectivity index (χ4v) is 2.28. The first-order chi connectivity index (χ1) is 8.72. The molecule has 0 spiro atoms. The van der Waals surface area contributed by atoms with Gasteiger partial charge in [-0.15, -0.1) is 0 Å². The molecule has 0 aromatic rings. The number of likely N-dealkylation sites (tertiary alicyclic amines) is 1. The van der Waals surface area contributed by atoms with Crippen molar-refractivity contribution >= 4 is 0 Å². The molecule has 2 unspecified atom stereocenters. The predicted molar refractivity (Wildman–Crippen MR) is 74.9 cm³/mol. The Morgan fingerprint density at radius 3 is 2.72 bits per heavy atom. The number of aliphatic hydroxyl groups excluding tert-OH is 1. The van der Waals surface area contributed by atoms with Crippen LogP contribution in [0.4, 0.5) is 0 Å². The summed E-state index contributed by atoms with van der Waals surface area (Å²) in [5.74, 6) is 0. The maximum Gasteiger partial charge on any atom is 0.0897 e. The van der Waals surface area contributed by atoms with Crippen LogP contribution in [0.3, 0.4) is 0 Å². The van der Waals surface area contributed by atoms with Gasteiger partial charge in [0.25, 0.3) is 0 Å². The van der Waals surface area contributed by atoms with Gasteiger partial charge in [0.05, 0.1) is 12.7 Å². The molecule has 1 aliphatic rings. The smallest absolute Gasteiger partial charge is 0.0897 e. The van der Waals surface area contributed by atoms with Gasteiger partial charge in [0.1, 0.15) is 0 Å². The largest absolute Gasteiger partial charge is 0.389 e. The first kappa shape index (κ1) is 15.9. The molecule has 1 aliphatic heterocycles. The van der Waals surface area contributed by atoms with Gasteiger partial charge >= 0.3 is 0 Å². The van der Waals surface area contributed by atoms with E-state index in [1.165, 1.54) is 25.9 Å². The Morgan fingerprint density at radius 2 is 2.06 bits per heavy atom. The topological polar surface area (TPSA) is 44.7 Å². The molecule has 1 heterocycles. The SMILES string of the molecule is CCCCOCC(O)CNC(C)CN1CCCC1. The molecule has 0 radical (unpaired) electrons. The first-order valence-electron chi connectivity index (χ1n) is 7.44. The van der Waals surface area contributed by atoms with Crippen LogP contribution in [-0.4, -0.2) is 61.5 Å². The lowest BCUT2D eigenvalue weighted by Crippen LogP contribution is -2.42. The van der Waals surface area contributed by atoms with E-state index >= 15 is 0 Å². The van der Waals surface area contributed by atoms with Crippen molar-refractivity contribution in [2.45, 2.75) is 51.7 Å². The van der Waals surface area contributed by atoms with Gasteiger partial charge in [-0.3, -0.25) is 0 Å². The molecular formula is C14H30N2O2. The Labute approximate surface area is 112 Å². The summed E-state index contributed by atoms with van der Waals surface area (Å²) in [4.78, 5) is 2.49. The molecular weight excluding hydrogens is 228 g/mol. The lowest BCUT2D eigenvalue weighted by atomic mass is 10.3. The molecule has 4 nitrogen and oxygen atoms in total. The Morgan fingerprint density at radius 1 is 1.33 bits per heavy atom. The number of unbranched alkanes of at least 4 members (excludes halogenated alkanes) is 1. The van der Waals surface area contributed by atoms with Gasteiger partial charge < -0.3 is 20.1 Å². The highest BCUT2D eigenvalue weighted by Gasteiger charge is 2.15. The summed E-state index contributed by atoms with van der Waals surface area (Å²) in [5.41, 5.74) is 0. The van der Waals surface area contributed by atoms with E-state index in [1.807, 2.05) is 0 Å². The van der Waals surface area contributed by atoms with Crippen molar-refractivity contribution < 1.29 is 9.84 Å². The average Bonchev–Trinajstić information content (AvgIpc) is 2.85. The zero-order valence-corrected chi connectivity index (χ0v) is 12.0. The van der Waals surface area contributed by atoms with Gasteiger partial charge in [-0.1, -0.05) is 13.3 Å². The highest BCUT2D eigenvalue weighted by atomic mass is 16.5. The number of ether oxygens (including phenoxy) is 1. The Bertz CT molecular complexity index is 196. The third-order valence-corrected chi connectivity index (χ3v) is 3.39. The fourth-order valence-electron chi connectivity index (χ4n) is 2.28. The van der Waals surface area contributed by atoms with Crippen LogP contribution in [0.1, 0.15) is 39.5 Å². The summed E-state index contributed by atoms with van der Waals surface area (Å²) in [6, 6.07) is 0.438. The zero-order chi connectivity index (χ0) is 13.2. The standard InChI is InChI=1S/C14H30N2O2/c1-3-4-9-18-12-14(17)10-15-13(2)11-16-7-5-6-8-16/h13-15,17H,3-12H2,1-2H3. The van der Waals surface area contributed by atoms with Crippen LogP contribution in [0, 0.1) is 0 Å². The number of hydrogen-bond acceptors (Lipinski definition) is 4. The van der Waals surface area contributed by atoms with Crippen molar-refractivity contribution in [2.75, 3.05) is 39.4 Å². The van der Waals surface area contributed by atoms with Gasteiger partial charge in [-0.05, 0) is 39.3 Å². The van der Waals surface area contributed by atoms with Crippen LogP contribution in [-0.2, 0) is 4.74 Å². The van der Waals surface area contributed by atoms with E-state index in [1.54, 1.807) is 0 Å². The minimum absolute atomic E-state index is 0.386. The number of nitrogens with zero attached hydrogens (tertiary/aromatic N) is 1. The normalized spacial score (nSPS) is 20.2. The lowest BCUT2D eigenvalue weighted by Gasteiger charge is -2.22. The molecule has 2 N–H and O–H groups in total. The number of nitrogens with one attached hydrogen (secondary N) is 1. The average molecular weight is 258 g/mol. The van der Waals surface area contributed by atoms with E-state index in [2.05, 4.69) is 24.1 Å². The van der Waals surface area contributed by atoms with Crippen LogP contribution in [0.25, 0.3) is 0 Å². The van der Waals surface area contributed by atoms with Gasteiger partial charge in [-0.2, -0.15) is 0 Å². The third-order valence-electron chi connectivity index (χ3n) is 3.39. The molecule has 18 heavy (non-hydrogen) atoms. The van der Waals surface area contributed by atoms with Gasteiger partial charge in [0.2, 0.25) is 0 Å². The summed E-state index contributed by atoms with van der Waals surface area (Å²) in [6.07, 6.45) is 4.50. The summed E-state index contributed by atoms with van der Waals surface area (Å²) < 4.78 is 5.40. The van der Waals surface area contributed by atoms with Crippen molar-refractivity contribution in [2.24, 2.45) is 0 Å². The molecule has 0 aromatic heterocycles. The van der Waals surface area contributed by atoms with Crippen LogP contribution < -0.4 is 5.32 Å². The molecule has 1 fully saturated rings. The fraction of sp³-hybridized carbons (Fsp3) is 1.00. The summed E-state index contributed by atoms with van der Waals surface area (Å²) >= 11 is 0. The Balaban J connectivity index is 1.97. The van der Waals surface area contributed by atoms with Crippen LogP contribution in [0.5, 0.6) is 0 Å². The monoisotopic (exact) mass is 258 g/mol. The van der Waals surface area contributed by atoms with E-state index < -0.39 is 0 Å². The summed E-state index contributed by atoms with van der Waals surface area (Å²) in [5, 5.41) is 13.1. The number of aliphatic hydroxyl groups is 1. The van der Waals surface area contributed by atoms with Crippen molar-refractivity contribution in [3.8, 4) is 0 Å². The quantitative estimate of drug-likeness (QED) is 0.579. The van der Waals surface area contributed by atoms with E-state index in [4.69, 9.17) is 4.74 Å². The van der Waals surface area contributed by atoms with Crippen LogP contribution >= 0.6 is 0 Å². The molecule has 1 rings (SSSR count). The third kappa shape index (κ3) is 7.31. The molecule has 0 bridgehead atoms. The summed E-state index contributed by atoms with van der Waals surface area (Å²) in [7, 11) is 0. The number of rotatable bonds is 10. The second-order valence-corrected chi connectivity index (χ2v) is 5.40. The van der Waals surface area contributed by atoms with Gasteiger partial charge in [-0.25, -0.2) is 0 Å². The van der Waals surface area contributed by atoms with Crippen molar-refractivity contribution in [1.82, 2.24) is 10.2 Å². The lowest BCUT2D eigenvalue weighted by molar-refractivity contribution is 0.0343. The van der Waals surface area contributed by atoms with Crippen LogP contribution in [0.2, 0.25) is 0 Å². The van der Waals surface area contributed by atoms with Crippen molar-refractivity contribution in [3.63, 3.8) is 0 Å². The molecule has 4 heteroatoms. The molecule has 1 saturated heterocycles.